The van der Waals surface area contributed by atoms with Crippen molar-refractivity contribution in [1.82, 2.24) is 5.32 Å². The van der Waals surface area contributed by atoms with Crippen molar-refractivity contribution in [2.75, 3.05) is 6.61 Å². The Kier molecular flexibility index (Phi) is 4.52. The van der Waals surface area contributed by atoms with Crippen LogP contribution in [0.25, 0.3) is 0 Å². The highest BCUT2D eigenvalue weighted by atomic mass is 16.5. The van der Waals surface area contributed by atoms with Crippen LogP contribution in [0, 0.1) is 5.92 Å². The highest BCUT2D eigenvalue weighted by molar-refractivity contribution is 5.26. The first-order valence-corrected chi connectivity index (χ1v) is 7.80. The number of hydrogen-bond donors (Lipinski definition) is 1. The Morgan fingerprint density at radius 1 is 1.00 bits per heavy atom. The molecule has 0 amide bonds. The molecule has 2 heteroatoms. The maximum Gasteiger partial charge on any atom is 0.0720 e. The Labute approximate surface area is 116 Å². The summed E-state index contributed by atoms with van der Waals surface area (Å²) in [6.45, 7) is 2.72. The molecule has 0 atom stereocenters. The monoisotopic (exact) mass is 259 g/mol. The molecule has 0 saturated heterocycles. The fourth-order valence-electron chi connectivity index (χ4n) is 2.93. The molecule has 3 rings (SSSR count). The first kappa shape index (κ1) is 13.1. The molecule has 0 aromatic heterocycles. The fraction of sp³-hybridized carbons (Fsp3) is 0.647. The van der Waals surface area contributed by atoms with Gasteiger partial charge in [-0.25, -0.2) is 0 Å². The fourth-order valence-corrected chi connectivity index (χ4v) is 2.93. The predicted octanol–water partition coefficient (Wildman–Crippen LogP) is 3.65. The zero-order valence-corrected chi connectivity index (χ0v) is 11.7. The molecule has 2 fully saturated rings. The van der Waals surface area contributed by atoms with E-state index in [0.29, 0.717) is 0 Å². The smallest absolute Gasteiger partial charge is 0.0720 e. The largest absolute Gasteiger partial charge is 0.376 e. The van der Waals surface area contributed by atoms with Gasteiger partial charge in [0.05, 0.1) is 6.61 Å². The van der Waals surface area contributed by atoms with Crippen molar-refractivity contribution in [1.29, 1.82) is 0 Å². The van der Waals surface area contributed by atoms with Gasteiger partial charge in [-0.1, -0.05) is 37.1 Å². The van der Waals surface area contributed by atoms with E-state index in [-0.39, 0.29) is 0 Å². The average molecular weight is 259 g/mol. The number of nitrogens with one attached hydrogen (secondary N) is 1. The van der Waals surface area contributed by atoms with Crippen molar-refractivity contribution >= 4 is 0 Å². The normalized spacial score (nSPS) is 20.0. The SMILES string of the molecule is c1ccc(COCC2CCCC2)c(CNC2CC2)c1. The first-order chi connectivity index (χ1) is 9.42. The van der Waals surface area contributed by atoms with E-state index < -0.39 is 0 Å². The average Bonchev–Trinajstić information content (AvgIpc) is 3.13. The summed E-state index contributed by atoms with van der Waals surface area (Å²) in [7, 11) is 0. The third kappa shape index (κ3) is 4.05. The Bertz CT molecular complexity index is 394. The van der Waals surface area contributed by atoms with Crippen LogP contribution in [0.4, 0.5) is 0 Å². The van der Waals surface area contributed by atoms with Crippen LogP contribution in [0.1, 0.15) is 49.7 Å². The van der Waals surface area contributed by atoms with Crippen LogP contribution in [0.3, 0.4) is 0 Å². The molecular formula is C17H25NO. The summed E-state index contributed by atoms with van der Waals surface area (Å²) in [4.78, 5) is 0. The lowest BCUT2D eigenvalue weighted by atomic mass is 10.1. The number of benzene rings is 1. The van der Waals surface area contributed by atoms with E-state index in [4.69, 9.17) is 4.74 Å². The van der Waals surface area contributed by atoms with Gasteiger partial charge in [0.25, 0.3) is 0 Å². The maximum absolute atomic E-state index is 5.94. The van der Waals surface area contributed by atoms with Crippen molar-refractivity contribution in [3.8, 4) is 0 Å². The molecule has 1 aromatic carbocycles. The van der Waals surface area contributed by atoms with E-state index in [2.05, 4.69) is 29.6 Å². The highest BCUT2D eigenvalue weighted by Gasteiger charge is 2.20. The second-order valence-electron chi connectivity index (χ2n) is 6.09. The Morgan fingerprint density at radius 2 is 1.74 bits per heavy atom. The minimum absolute atomic E-state index is 0.771. The summed E-state index contributed by atoms with van der Waals surface area (Å²) in [5.41, 5.74) is 2.76. The highest BCUT2D eigenvalue weighted by Crippen LogP contribution is 2.25. The van der Waals surface area contributed by atoms with E-state index >= 15 is 0 Å². The molecule has 0 radical (unpaired) electrons. The van der Waals surface area contributed by atoms with Crippen LogP contribution in [0.5, 0.6) is 0 Å². The predicted molar refractivity (Wildman–Crippen MR) is 77.9 cm³/mol. The van der Waals surface area contributed by atoms with Gasteiger partial charge in [0.1, 0.15) is 0 Å². The van der Waals surface area contributed by atoms with Gasteiger partial charge >= 0.3 is 0 Å². The van der Waals surface area contributed by atoms with Crippen LogP contribution in [0.15, 0.2) is 24.3 Å². The van der Waals surface area contributed by atoms with Gasteiger partial charge in [-0.2, -0.15) is 0 Å². The summed E-state index contributed by atoms with van der Waals surface area (Å²) < 4.78 is 5.94. The minimum Gasteiger partial charge on any atom is -0.376 e. The summed E-state index contributed by atoms with van der Waals surface area (Å²) in [6, 6.07) is 9.45. The zero-order valence-electron chi connectivity index (χ0n) is 11.7. The van der Waals surface area contributed by atoms with E-state index in [9.17, 15) is 0 Å². The maximum atomic E-state index is 5.94. The van der Waals surface area contributed by atoms with Gasteiger partial charge in [0, 0.05) is 19.2 Å². The standard InChI is InChI=1S/C17H25NO/c1-2-6-14(5-1)12-19-13-16-8-4-3-7-15(16)11-18-17-9-10-17/h3-4,7-8,14,17-18H,1-2,5-6,9-13H2. The molecule has 19 heavy (non-hydrogen) atoms. The van der Waals surface area contributed by atoms with Crippen molar-refractivity contribution in [3.63, 3.8) is 0 Å². The number of ether oxygens (including phenoxy) is 1. The number of rotatable bonds is 7. The Balaban J connectivity index is 1.47. The molecule has 2 saturated carbocycles. The topological polar surface area (TPSA) is 21.3 Å². The lowest BCUT2D eigenvalue weighted by molar-refractivity contribution is 0.0883. The summed E-state index contributed by atoms with van der Waals surface area (Å²) in [5, 5.41) is 3.59. The molecular weight excluding hydrogens is 234 g/mol. The third-order valence-electron chi connectivity index (χ3n) is 4.36. The molecule has 0 spiro atoms. The molecule has 1 aromatic rings. The summed E-state index contributed by atoms with van der Waals surface area (Å²) >= 11 is 0. The minimum atomic E-state index is 0.771. The van der Waals surface area contributed by atoms with E-state index in [1.165, 1.54) is 49.7 Å². The zero-order chi connectivity index (χ0) is 12.9. The second-order valence-corrected chi connectivity index (χ2v) is 6.09. The van der Waals surface area contributed by atoms with E-state index in [1.54, 1.807) is 0 Å². The van der Waals surface area contributed by atoms with Crippen molar-refractivity contribution in [2.45, 2.75) is 57.7 Å². The lowest BCUT2D eigenvalue weighted by Gasteiger charge is -2.13. The Morgan fingerprint density at radius 3 is 2.47 bits per heavy atom. The lowest BCUT2D eigenvalue weighted by Crippen LogP contribution is -2.17. The van der Waals surface area contributed by atoms with Crippen molar-refractivity contribution in [2.24, 2.45) is 5.92 Å². The molecule has 0 aliphatic heterocycles. The van der Waals surface area contributed by atoms with Crippen LogP contribution in [0.2, 0.25) is 0 Å². The molecule has 2 aliphatic carbocycles. The van der Waals surface area contributed by atoms with Gasteiger partial charge in [-0.3, -0.25) is 0 Å². The first-order valence-electron chi connectivity index (χ1n) is 7.80. The molecule has 1 N–H and O–H groups in total. The van der Waals surface area contributed by atoms with E-state index in [0.717, 1.165) is 31.7 Å². The van der Waals surface area contributed by atoms with Gasteiger partial charge in [0.15, 0.2) is 0 Å². The van der Waals surface area contributed by atoms with Gasteiger partial charge in [-0.05, 0) is 42.7 Å². The molecule has 2 aliphatic rings. The van der Waals surface area contributed by atoms with Crippen LogP contribution < -0.4 is 5.32 Å². The van der Waals surface area contributed by atoms with Crippen LogP contribution in [-0.2, 0) is 17.9 Å². The van der Waals surface area contributed by atoms with Crippen molar-refractivity contribution < 1.29 is 4.74 Å². The van der Waals surface area contributed by atoms with Gasteiger partial charge in [0.2, 0.25) is 0 Å². The third-order valence-corrected chi connectivity index (χ3v) is 4.36. The summed E-state index contributed by atoms with van der Waals surface area (Å²) in [5.74, 6) is 0.816. The van der Waals surface area contributed by atoms with Crippen LogP contribution in [-0.4, -0.2) is 12.6 Å². The quantitative estimate of drug-likeness (QED) is 0.807. The molecule has 0 heterocycles. The van der Waals surface area contributed by atoms with E-state index in [1.807, 2.05) is 0 Å². The van der Waals surface area contributed by atoms with Gasteiger partial charge in [-0.15, -0.1) is 0 Å². The number of hydrogen-bond acceptors (Lipinski definition) is 2. The van der Waals surface area contributed by atoms with Crippen LogP contribution >= 0.6 is 0 Å². The molecule has 0 unspecified atom stereocenters. The Hall–Kier alpha value is -0.860. The summed E-state index contributed by atoms with van der Waals surface area (Å²) in [6.07, 6.45) is 8.22. The molecule has 2 nitrogen and oxygen atoms in total. The van der Waals surface area contributed by atoms with Crippen molar-refractivity contribution in [3.05, 3.63) is 35.4 Å². The molecule has 0 bridgehead atoms. The second kappa shape index (κ2) is 6.53. The molecule has 104 valence electrons. The van der Waals surface area contributed by atoms with Gasteiger partial charge < -0.3 is 10.1 Å².